The average Bonchev–Trinajstić information content (AvgIpc) is 2.46. The van der Waals surface area contributed by atoms with Gasteiger partial charge in [0.05, 0.1) is 18.9 Å². The van der Waals surface area contributed by atoms with E-state index in [2.05, 4.69) is 16.1 Å². The Morgan fingerprint density at radius 1 is 1.26 bits per heavy atom. The zero-order valence-electron chi connectivity index (χ0n) is 10.5. The summed E-state index contributed by atoms with van der Waals surface area (Å²) < 4.78 is 0. The number of nitrogens with two attached hydrogens (primary N) is 1. The molecule has 4 nitrogen and oxygen atoms in total. The summed E-state index contributed by atoms with van der Waals surface area (Å²) in [7, 11) is 0. The molecule has 1 atom stereocenters. The standard InChI is InChI=1S/C15H15N3O/c16-15-17-8-13-12(2-1-3-14(13)18-15)11-6-4-10(9-19)5-7-11/h1-7,13,19H,8-9H2,(H2,16,17). The summed E-state index contributed by atoms with van der Waals surface area (Å²) >= 11 is 0. The maximum atomic E-state index is 9.08. The topological polar surface area (TPSA) is 71.0 Å². The number of hydrogen-bond donors (Lipinski definition) is 2. The van der Waals surface area contributed by atoms with Crippen molar-refractivity contribution in [3.63, 3.8) is 0 Å². The normalized spacial score (nSPS) is 21.3. The fraction of sp³-hybridized carbons (Fsp3) is 0.200. The van der Waals surface area contributed by atoms with Crippen LogP contribution in [-0.2, 0) is 6.61 Å². The van der Waals surface area contributed by atoms with Gasteiger partial charge in [0, 0.05) is 5.92 Å². The van der Waals surface area contributed by atoms with Gasteiger partial charge in [-0.2, -0.15) is 0 Å². The smallest absolute Gasteiger partial charge is 0.215 e. The fourth-order valence-corrected chi connectivity index (χ4v) is 2.40. The van der Waals surface area contributed by atoms with E-state index in [1.54, 1.807) is 0 Å². The second-order valence-corrected chi connectivity index (χ2v) is 4.62. The molecule has 0 saturated heterocycles. The molecule has 4 heteroatoms. The van der Waals surface area contributed by atoms with Gasteiger partial charge in [-0.3, -0.25) is 4.99 Å². The van der Waals surface area contributed by atoms with Gasteiger partial charge in [-0.05, 0) is 22.8 Å². The largest absolute Gasteiger partial charge is 0.392 e. The van der Waals surface area contributed by atoms with Crippen molar-refractivity contribution < 1.29 is 5.11 Å². The maximum absolute atomic E-state index is 9.08. The number of benzene rings is 1. The molecular weight excluding hydrogens is 238 g/mol. The summed E-state index contributed by atoms with van der Waals surface area (Å²) in [5, 5.41) is 9.08. The van der Waals surface area contributed by atoms with E-state index < -0.39 is 0 Å². The Bertz CT molecular complexity index is 609. The van der Waals surface area contributed by atoms with Crippen molar-refractivity contribution in [2.24, 2.45) is 21.6 Å². The van der Waals surface area contributed by atoms with Crippen molar-refractivity contribution in [1.82, 2.24) is 0 Å². The molecule has 3 rings (SSSR count). The third-order valence-corrected chi connectivity index (χ3v) is 3.42. The predicted octanol–water partition coefficient (Wildman–Crippen LogP) is 1.52. The Kier molecular flexibility index (Phi) is 3.01. The third kappa shape index (κ3) is 2.22. The molecule has 0 saturated carbocycles. The van der Waals surface area contributed by atoms with E-state index in [1.807, 2.05) is 36.4 Å². The van der Waals surface area contributed by atoms with Gasteiger partial charge in [-0.1, -0.05) is 36.4 Å². The monoisotopic (exact) mass is 253 g/mol. The van der Waals surface area contributed by atoms with E-state index in [9.17, 15) is 0 Å². The minimum Gasteiger partial charge on any atom is -0.392 e. The van der Waals surface area contributed by atoms with Crippen LogP contribution in [0.4, 0.5) is 0 Å². The maximum Gasteiger partial charge on any atom is 0.215 e. The van der Waals surface area contributed by atoms with E-state index in [-0.39, 0.29) is 12.5 Å². The molecule has 0 fully saturated rings. The Morgan fingerprint density at radius 2 is 2.05 bits per heavy atom. The first-order valence-corrected chi connectivity index (χ1v) is 6.25. The molecule has 19 heavy (non-hydrogen) atoms. The first-order chi connectivity index (χ1) is 9.28. The van der Waals surface area contributed by atoms with Crippen LogP contribution < -0.4 is 5.73 Å². The number of rotatable bonds is 2. The third-order valence-electron chi connectivity index (χ3n) is 3.42. The van der Waals surface area contributed by atoms with Gasteiger partial charge in [-0.15, -0.1) is 0 Å². The van der Waals surface area contributed by atoms with Crippen molar-refractivity contribution in [3.05, 3.63) is 53.6 Å². The van der Waals surface area contributed by atoms with E-state index in [0.717, 1.165) is 16.8 Å². The molecule has 0 amide bonds. The van der Waals surface area contributed by atoms with Crippen LogP contribution in [0.1, 0.15) is 11.1 Å². The molecule has 1 aromatic rings. The summed E-state index contributed by atoms with van der Waals surface area (Å²) in [4.78, 5) is 8.51. The number of aliphatic hydroxyl groups excluding tert-OH is 1. The van der Waals surface area contributed by atoms with Gasteiger partial charge in [0.2, 0.25) is 5.96 Å². The molecule has 1 aliphatic carbocycles. The van der Waals surface area contributed by atoms with Crippen LogP contribution in [0.5, 0.6) is 0 Å². The summed E-state index contributed by atoms with van der Waals surface area (Å²) in [5.41, 5.74) is 9.86. The Morgan fingerprint density at radius 3 is 2.79 bits per heavy atom. The molecule has 1 unspecified atom stereocenters. The van der Waals surface area contributed by atoms with Crippen molar-refractivity contribution >= 4 is 17.2 Å². The van der Waals surface area contributed by atoms with Crippen LogP contribution in [0.3, 0.4) is 0 Å². The molecule has 1 aromatic carbocycles. The Hall–Kier alpha value is -2.20. The van der Waals surface area contributed by atoms with E-state index in [1.165, 1.54) is 5.57 Å². The van der Waals surface area contributed by atoms with Crippen molar-refractivity contribution in [2.45, 2.75) is 6.61 Å². The molecule has 0 radical (unpaired) electrons. The van der Waals surface area contributed by atoms with Crippen LogP contribution in [0.15, 0.2) is 52.5 Å². The summed E-state index contributed by atoms with van der Waals surface area (Å²) in [6.07, 6.45) is 6.07. The number of hydrogen-bond acceptors (Lipinski definition) is 4. The highest BCUT2D eigenvalue weighted by molar-refractivity contribution is 6.12. The lowest BCUT2D eigenvalue weighted by molar-refractivity contribution is 0.282. The number of fused-ring (bicyclic) bond motifs is 1. The second kappa shape index (κ2) is 4.82. The molecule has 2 aliphatic rings. The van der Waals surface area contributed by atoms with Crippen molar-refractivity contribution in [3.8, 4) is 0 Å². The molecule has 0 aromatic heterocycles. The molecule has 1 aliphatic heterocycles. The van der Waals surface area contributed by atoms with Gasteiger partial charge in [0.25, 0.3) is 0 Å². The molecule has 0 bridgehead atoms. The molecule has 3 N–H and O–H groups in total. The molecule has 1 heterocycles. The lowest BCUT2D eigenvalue weighted by Crippen LogP contribution is -2.28. The van der Waals surface area contributed by atoms with Crippen LogP contribution in [0.25, 0.3) is 5.57 Å². The van der Waals surface area contributed by atoms with Crippen molar-refractivity contribution in [1.29, 1.82) is 0 Å². The predicted molar refractivity (Wildman–Crippen MR) is 76.9 cm³/mol. The molecule has 96 valence electrons. The molecule has 0 spiro atoms. The fourth-order valence-electron chi connectivity index (χ4n) is 2.40. The van der Waals surface area contributed by atoms with Gasteiger partial charge in [0.1, 0.15) is 0 Å². The number of allylic oxidation sites excluding steroid dienone is 3. The Labute approximate surface area is 111 Å². The minimum absolute atomic E-state index is 0.0657. The number of nitrogens with zero attached hydrogens (tertiary/aromatic N) is 2. The quantitative estimate of drug-likeness (QED) is 0.838. The minimum atomic E-state index is 0.0657. The lowest BCUT2D eigenvalue weighted by Gasteiger charge is -2.24. The van der Waals surface area contributed by atoms with Crippen LogP contribution in [0.2, 0.25) is 0 Å². The highest BCUT2D eigenvalue weighted by atomic mass is 16.3. The first kappa shape index (κ1) is 11.9. The summed E-state index contributed by atoms with van der Waals surface area (Å²) in [6, 6.07) is 7.92. The summed E-state index contributed by atoms with van der Waals surface area (Å²) in [5.74, 6) is 0.532. The van der Waals surface area contributed by atoms with Gasteiger partial charge >= 0.3 is 0 Å². The van der Waals surface area contributed by atoms with Gasteiger partial charge in [-0.25, -0.2) is 4.99 Å². The zero-order chi connectivity index (χ0) is 13.2. The first-order valence-electron chi connectivity index (χ1n) is 6.25. The summed E-state index contributed by atoms with van der Waals surface area (Å²) in [6.45, 7) is 0.707. The molecular formula is C15H15N3O. The number of aliphatic imine (C=N–C) groups is 2. The second-order valence-electron chi connectivity index (χ2n) is 4.62. The average molecular weight is 253 g/mol. The number of aliphatic hydroxyl groups is 1. The van der Waals surface area contributed by atoms with E-state index >= 15 is 0 Å². The highest BCUT2D eigenvalue weighted by Crippen LogP contribution is 2.30. The van der Waals surface area contributed by atoms with E-state index in [4.69, 9.17) is 10.8 Å². The van der Waals surface area contributed by atoms with E-state index in [0.29, 0.717) is 12.5 Å². The lowest BCUT2D eigenvalue weighted by atomic mass is 9.84. The van der Waals surface area contributed by atoms with Gasteiger partial charge in [0.15, 0.2) is 0 Å². The van der Waals surface area contributed by atoms with Crippen LogP contribution in [-0.4, -0.2) is 23.3 Å². The van der Waals surface area contributed by atoms with Crippen LogP contribution in [0, 0.1) is 5.92 Å². The highest BCUT2D eigenvalue weighted by Gasteiger charge is 2.25. The SMILES string of the molecule is NC1=NCC2C(c3ccc(CO)cc3)=CC=CC2=N1. The van der Waals surface area contributed by atoms with Gasteiger partial charge < -0.3 is 10.8 Å². The zero-order valence-corrected chi connectivity index (χ0v) is 10.5. The number of guanidine groups is 1. The Balaban J connectivity index is 1.94. The van der Waals surface area contributed by atoms with Crippen LogP contribution >= 0.6 is 0 Å². The van der Waals surface area contributed by atoms with Crippen molar-refractivity contribution in [2.75, 3.05) is 6.54 Å².